The third-order valence-corrected chi connectivity index (χ3v) is 6.02. The summed E-state index contributed by atoms with van der Waals surface area (Å²) in [6, 6.07) is 10.6. The second kappa shape index (κ2) is 9.51. The van der Waals surface area contributed by atoms with Crippen LogP contribution in [0.25, 0.3) is 0 Å². The molecule has 3 rings (SSSR count). The average molecular weight is 467 g/mol. The normalized spacial score (nSPS) is 10.9. The number of aromatic amines is 1. The van der Waals surface area contributed by atoms with E-state index in [9.17, 15) is 14.4 Å². The standard InChI is InChI=1S/C20H20Cl2N4O3S/c1-2-3-9-25-17(23)15(18(27)24-20(25)29)26(11-12-7-5-4-6-8-12)19(28)13-10-14(21)30-16(13)22/h4-8,10H,2-3,9,11,23H2,1H3,(H,24,27,29). The minimum atomic E-state index is -0.744. The SMILES string of the molecule is CCCCn1c(N)c(N(Cc2ccccc2)C(=O)c2cc(Cl)sc2Cl)c(=O)[nH]c1=O. The largest absolute Gasteiger partial charge is 0.383 e. The van der Waals surface area contributed by atoms with Crippen molar-refractivity contribution in [3.63, 3.8) is 0 Å². The number of anilines is 2. The first-order chi connectivity index (χ1) is 14.3. The van der Waals surface area contributed by atoms with Crippen LogP contribution in [0.3, 0.4) is 0 Å². The molecule has 0 spiro atoms. The van der Waals surface area contributed by atoms with E-state index in [2.05, 4.69) is 4.98 Å². The molecule has 0 unspecified atom stereocenters. The maximum Gasteiger partial charge on any atom is 0.330 e. The Morgan fingerprint density at radius 2 is 1.93 bits per heavy atom. The summed E-state index contributed by atoms with van der Waals surface area (Å²) in [6.07, 6.45) is 1.52. The Hall–Kier alpha value is -2.55. The molecule has 0 atom stereocenters. The average Bonchev–Trinajstić information content (AvgIpc) is 3.05. The second-order valence-corrected chi connectivity index (χ2v) is 8.90. The summed E-state index contributed by atoms with van der Waals surface area (Å²) in [5.74, 6) is -0.608. The van der Waals surface area contributed by atoms with Crippen LogP contribution in [-0.2, 0) is 13.1 Å². The molecule has 0 bridgehead atoms. The molecule has 0 saturated heterocycles. The predicted molar refractivity (Wildman–Crippen MR) is 122 cm³/mol. The molecule has 3 N–H and O–H groups in total. The summed E-state index contributed by atoms with van der Waals surface area (Å²) in [5.41, 5.74) is 5.71. The van der Waals surface area contributed by atoms with Crippen molar-refractivity contribution < 1.29 is 4.79 Å². The van der Waals surface area contributed by atoms with Gasteiger partial charge in [-0.05, 0) is 18.1 Å². The molecular formula is C20H20Cl2N4O3S. The molecule has 10 heteroatoms. The zero-order valence-electron chi connectivity index (χ0n) is 16.2. The van der Waals surface area contributed by atoms with E-state index in [0.717, 1.165) is 23.3 Å². The highest BCUT2D eigenvalue weighted by atomic mass is 35.5. The van der Waals surface area contributed by atoms with Crippen molar-refractivity contribution in [1.82, 2.24) is 9.55 Å². The van der Waals surface area contributed by atoms with E-state index in [1.165, 1.54) is 15.5 Å². The van der Waals surface area contributed by atoms with Gasteiger partial charge in [0.15, 0.2) is 5.69 Å². The number of thiophene rings is 1. The van der Waals surface area contributed by atoms with Gasteiger partial charge in [-0.1, -0.05) is 66.9 Å². The molecule has 158 valence electrons. The molecule has 0 aliphatic rings. The number of nitrogen functional groups attached to an aromatic ring is 1. The van der Waals surface area contributed by atoms with Crippen LogP contribution in [0, 0.1) is 0 Å². The summed E-state index contributed by atoms with van der Waals surface area (Å²) in [7, 11) is 0. The van der Waals surface area contributed by atoms with E-state index >= 15 is 0 Å². The molecule has 1 aromatic carbocycles. The number of H-pyrrole nitrogens is 1. The second-order valence-electron chi connectivity index (χ2n) is 6.61. The Balaban J connectivity index is 2.17. The first-order valence-corrected chi connectivity index (χ1v) is 10.8. The molecule has 2 aromatic heterocycles. The van der Waals surface area contributed by atoms with Gasteiger partial charge in [0, 0.05) is 6.54 Å². The number of halogens is 2. The quantitative estimate of drug-likeness (QED) is 0.546. The third kappa shape index (κ3) is 4.61. The van der Waals surface area contributed by atoms with E-state index in [0.29, 0.717) is 17.3 Å². The predicted octanol–water partition coefficient (Wildman–Crippen LogP) is 4.13. The molecule has 3 aromatic rings. The van der Waals surface area contributed by atoms with Crippen LogP contribution in [0.5, 0.6) is 0 Å². The number of nitrogens with zero attached hydrogens (tertiary/aromatic N) is 2. The van der Waals surface area contributed by atoms with Crippen molar-refractivity contribution in [2.45, 2.75) is 32.9 Å². The number of rotatable bonds is 7. The fraction of sp³-hybridized carbons (Fsp3) is 0.250. The monoisotopic (exact) mass is 466 g/mol. The summed E-state index contributed by atoms with van der Waals surface area (Å²) < 4.78 is 1.82. The van der Waals surface area contributed by atoms with E-state index in [1.807, 2.05) is 37.3 Å². The highest BCUT2D eigenvalue weighted by molar-refractivity contribution is 7.20. The van der Waals surface area contributed by atoms with E-state index in [1.54, 1.807) is 0 Å². The van der Waals surface area contributed by atoms with Gasteiger partial charge in [0.05, 0.1) is 16.4 Å². The van der Waals surface area contributed by atoms with Crippen molar-refractivity contribution in [1.29, 1.82) is 0 Å². The molecule has 0 fully saturated rings. The minimum absolute atomic E-state index is 0.0583. The van der Waals surface area contributed by atoms with Crippen LogP contribution < -0.4 is 21.9 Å². The Morgan fingerprint density at radius 3 is 2.53 bits per heavy atom. The van der Waals surface area contributed by atoms with Crippen LogP contribution in [0.1, 0.15) is 35.7 Å². The summed E-state index contributed by atoms with van der Waals surface area (Å²) in [5, 5.41) is 0. The van der Waals surface area contributed by atoms with Crippen LogP contribution in [-0.4, -0.2) is 15.5 Å². The molecule has 0 saturated carbocycles. The van der Waals surface area contributed by atoms with E-state index < -0.39 is 17.2 Å². The van der Waals surface area contributed by atoms with Gasteiger partial charge in [-0.3, -0.25) is 24.0 Å². The van der Waals surface area contributed by atoms with Gasteiger partial charge in [-0.15, -0.1) is 11.3 Å². The first kappa shape index (κ1) is 22.1. The maximum atomic E-state index is 13.4. The van der Waals surface area contributed by atoms with Gasteiger partial charge in [0.25, 0.3) is 11.5 Å². The Bertz CT molecular complexity index is 1170. The van der Waals surface area contributed by atoms with Crippen LogP contribution >= 0.6 is 34.5 Å². The van der Waals surface area contributed by atoms with Gasteiger partial charge in [0.1, 0.15) is 10.2 Å². The van der Waals surface area contributed by atoms with E-state index in [4.69, 9.17) is 28.9 Å². The molecule has 2 heterocycles. The summed E-state index contributed by atoms with van der Waals surface area (Å²) >= 11 is 13.3. The highest BCUT2D eigenvalue weighted by Gasteiger charge is 2.28. The molecule has 0 aliphatic carbocycles. The lowest BCUT2D eigenvalue weighted by Crippen LogP contribution is -2.41. The van der Waals surface area contributed by atoms with Crippen molar-refractivity contribution in [3.05, 3.63) is 77.0 Å². The lowest BCUT2D eigenvalue weighted by molar-refractivity contribution is 0.0985. The molecule has 7 nitrogen and oxygen atoms in total. The number of carbonyl (C=O) groups is 1. The number of hydrogen-bond donors (Lipinski definition) is 2. The lowest BCUT2D eigenvalue weighted by Gasteiger charge is -2.24. The minimum Gasteiger partial charge on any atom is -0.383 e. The van der Waals surface area contributed by atoms with Crippen molar-refractivity contribution in [3.8, 4) is 0 Å². The Morgan fingerprint density at radius 1 is 1.23 bits per heavy atom. The van der Waals surface area contributed by atoms with E-state index in [-0.39, 0.29) is 27.9 Å². The molecule has 0 aliphatic heterocycles. The first-order valence-electron chi connectivity index (χ1n) is 9.26. The number of benzene rings is 1. The number of aromatic nitrogens is 2. The fourth-order valence-corrected chi connectivity index (χ4v) is 4.47. The third-order valence-electron chi connectivity index (χ3n) is 4.54. The van der Waals surface area contributed by atoms with Gasteiger partial charge in [0.2, 0.25) is 0 Å². The Kier molecular flexibility index (Phi) is 7.02. The smallest absolute Gasteiger partial charge is 0.330 e. The van der Waals surface area contributed by atoms with Crippen molar-refractivity contribution in [2.75, 3.05) is 10.6 Å². The van der Waals surface area contributed by atoms with Crippen molar-refractivity contribution in [2.24, 2.45) is 0 Å². The molecule has 30 heavy (non-hydrogen) atoms. The Labute approximate surface area is 186 Å². The van der Waals surface area contributed by atoms with Gasteiger partial charge in [-0.25, -0.2) is 4.79 Å². The van der Waals surface area contributed by atoms with Crippen molar-refractivity contribution >= 4 is 52.0 Å². The maximum absolute atomic E-state index is 13.4. The van der Waals surface area contributed by atoms with Gasteiger partial charge < -0.3 is 5.73 Å². The highest BCUT2D eigenvalue weighted by Crippen LogP contribution is 2.33. The zero-order chi connectivity index (χ0) is 21.8. The van der Waals surface area contributed by atoms with Crippen LogP contribution in [0.4, 0.5) is 11.5 Å². The number of hydrogen-bond acceptors (Lipinski definition) is 5. The molecule has 0 radical (unpaired) electrons. The molecule has 1 amide bonds. The van der Waals surface area contributed by atoms with Crippen LogP contribution in [0.15, 0.2) is 46.0 Å². The number of nitrogens with two attached hydrogens (primary N) is 1. The van der Waals surface area contributed by atoms with Gasteiger partial charge in [-0.2, -0.15) is 0 Å². The number of nitrogens with one attached hydrogen (secondary N) is 1. The lowest BCUT2D eigenvalue weighted by atomic mass is 10.2. The number of carbonyl (C=O) groups excluding carboxylic acids is 1. The molecular weight excluding hydrogens is 447 g/mol. The number of unbranched alkanes of at least 4 members (excludes halogenated alkanes) is 1. The summed E-state index contributed by atoms with van der Waals surface area (Å²) in [6.45, 7) is 2.35. The zero-order valence-corrected chi connectivity index (χ0v) is 18.5. The topological polar surface area (TPSA) is 101 Å². The fourth-order valence-electron chi connectivity index (χ4n) is 3.03. The van der Waals surface area contributed by atoms with Gasteiger partial charge >= 0.3 is 5.69 Å². The number of amides is 1. The van der Waals surface area contributed by atoms with Crippen LogP contribution in [0.2, 0.25) is 8.67 Å². The summed E-state index contributed by atoms with van der Waals surface area (Å²) in [4.78, 5) is 41.9.